The standard InChI is InChI=1S/C11H17N3O2/c15-9-10-3-1-5-13(7-10)11(16)8-14-6-2-4-12-14/h2,4,6,10,15H,1,3,5,7-9H2/t10-/m0/s1. The Morgan fingerprint density at radius 3 is 3.12 bits per heavy atom. The third-order valence-electron chi connectivity index (χ3n) is 2.99. The molecule has 5 nitrogen and oxygen atoms in total. The summed E-state index contributed by atoms with van der Waals surface area (Å²) in [6, 6.07) is 1.81. The summed E-state index contributed by atoms with van der Waals surface area (Å²) in [6.45, 7) is 1.95. The summed E-state index contributed by atoms with van der Waals surface area (Å²) < 4.78 is 1.63. The van der Waals surface area contributed by atoms with Crippen molar-refractivity contribution >= 4 is 5.91 Å². The highest BCUT2D eigenvalue weighted by Crippen LogP contribution is 2.15. The van der Waals surface area contributed by atoms with E-state index in [9.17, 15) is 4.79 Å². The molecule has 1 fully saturated rings. The van der Waals surface area contributed by atoms with Gasteiger partial charge in [0, 0.05) is 32.1 Å². The number of aliphatic hydroxyl groups excluding tert-OH is 1. The van der Waals surface area contributed by atoms with Crippen LogP contribution in [0.2, 0.25) is 0 Å². The van der Waals surface area contributed by atoms with Gasteiger partial charge in [0.2, 0.25) is 5.91 Å². The van der Waals surface area contributed by atoms with Crippen molar-refractivity contribution in [2.75, 3.05) is 19.7 Å². The van der Waals surface area contributed by atoms with E-state index < -0.39 is 0 Å². The number of nitrogens with zero attached hydrogens (tertiary/aromatic N) is 3. The lowest BCUT2D eigenvalue weighted by molar-refractivity contribution is -0.134. The first-order valence-electron chi connectivity index (χ1n) is 5.65. The summed E-state index contributed by atoms with van der Waals surface area (Å²) in [7, 11) is 0. The van der Waals surface area contributed by atoms with Gasteiger partial charge in [-0.15, -0.1) is 0 Å². The summed E-state index contributed by atoms with van der Waals surface area (Å²) in [4.78, 5) is 13.7. The molecular weight excluding hydrogens is 206 g/mol. The van der Waals surface area contributed by atoms with Gasteiger partial charge >= 0.3 is 0 Å². The Morgan fingerprint density at radius 1 is 1.56 bits per heavy atom. The van der Waals surface area contributed by atoms with E-state index in [1.807, 2.05) is 4.90 Å². The SMILES string of the molecule is O=C(Cn1cccn1)N1CCC[C@H](CO)C1. The minimum Gasteiger partial charge on any atom is -0.396 e. The van der Waals surface area contributed by atoms with Crippen LogP contribution in [0.25, 0.3) is 0 Å². The number of carbonyl (C=O) groups excluding carboxylic acids is 1. The highest BCUT2D eigenvalue weighted by molar-refractivity contribution is 5.76. The maximum atomic E-state index is 11.9. The van der Waals surface area contributed by atoms with E-state index in [1.54, 1.807) is 23.1 Å². The van der Waals surface area contributed by atoms with Crippen molar-refractivity contribution in [2.45, 2.75) is 19.4 Å². The molecule has 1 atom stereocenters. The van der Waals surface area contributed by atoms with Crippen molar-refractivity contribution in [3.8, 4) is 0 Å². The molecule has 1 aliphatic heterocycles. The van der Waals surface area contributed by atoms with Crippen LogP contribution in [0.1, 0.15) is 12.8 Å². The van der Waals surface area contributed by atoms with E-state index in [2.05, 4.69) is 5.10 Å². The van der Waals surface area contributed by atoms with Crippen LogP contribution in [0, 0.1) is 5.92 Å². The number of rotatable bonds is 3. The highest BCUT2D eigenvalue weighted by Gasteiger charge is 2.22. The van der Waals surface area contributed by atoms with E-state index in [-0.39, 0.29) is 18.4 Å². The van der Waals surface area contributed by atoms with Crippen molar-refractivity contribution < 1.29 is 9.90 Å². The van der Waals surface area contributed by atoms with Gasteiger partial charge in [-0.3, -0.25) is 9.48 Å². The highest BCUT2D eigenvalue weighted by atomic mass is 16.3. The Kier molecular flexibility index (Phi) is 3.56. The molecule has 2 heterocycles. The van der Waals surface area contributed by atoms with Gasteiger partial charge in [0.1, 0.15) is 6.54 Å². The summed E-state index contributed by atoms with van der Waals surface area (Å²) in [6.07, 6.45) is 5.45. The van der Waals surface area contributed by atoms with Gasteiger partial charge in [-0.1, -0.05) is 0 Å². The molecule has 0 unspecified atom stereocenters. The molecule has 0 aromatic carbocycles. The quantitative estimate of drug-likeness (QED) is 0.791. The fraction of sp³-hybridized carbons (Fsp3) is 0.636. The van der Waals surface area contributed by atoms with Gasteiger partial charge in [0.15, 0.2) is 0 Å². The number of aromatic nitrogens is 2. The molecular formula is C11H17N3O2. The van der Waals surface area contributed by atoms with E-state index in [1.165, 1.54) is 0 Å². The molecule has 0 spiro atoms. The predicted octanol–water partition coefficient (Wildman–Crippen LogP) is 0.114. The molecule has 16 heavy (non-hydrogen) atoms. The second-order valence-electron chi connectivity index (χ2n) is 4.23. The Labute approximate surface area is 94.7 Å². The average Bonchev–Trinajstić information content (AvgIpc) is 2.82. The maximum absolute atomic E-state index is 11.9. The van der Waals surface area contributed by atoms with Crippen LogP contribution < -0.4 is 0 Å². The third kappa shape index (κ3) is 2.61. The minimum absolute atomic E-state index is 0.0850. The second-order valence-corrected chi connectivity index (χ2v) is 4.23. The van der Waals surface area contributed by atoms with E-state index in [4.69, 9.17) is 5.11 Å². The predicted molar refractivity (Wildman–Crippen MR) is 58.6 cm³/mol. The lowest BCUT2D eigenvalue weighted by Crippen LogP contribution is -2.42. The van der Waals surface area contributed by atoms with Crippen molar-refractivity contribution in [1.29, 1.82) is 0 Å². The van der Waals surface area contributed by atoms with Gasteiger partial charge in [-0.2, -0.15) is 5.10 Å². The van der Waals surface area contributed by atoms with Crippen molar-refractivity contribution in [3.05, 3.63) is 18.5 Å². The Hall–Kier alpha value is -1.36. The number of amides is 1. The maximum Gasteiger partial charge on any atom is 0.244 e. The van der Waals surface area contributed by atoms with Gasteiger partial charge in [0.05, 0.1) is 0 Å². The van der Waals surface area contributed by atoms with Gasteiger partial charge in [-0.05, 0) is 24.8 Å². The minimum atomic E-state index is 0.0850. The fourth-order valence-corrected chi connectivity index (χ4v) is 2.07. The monoisotopic (exact) mass is 223 g/mol. The topological polar surface area (TPSA) is 58.4 Å². The second kappa shape index (κ2) is 5.12. The average molecular weight is 223 g/mol. The Morgan fingerprint density at radius 2 is 2.44 bits per heavy atom. The lowest BCUT2D eigenvalue weighted by atomic mass is 9.99. The molecule has 0 radical (unpaired) electrons. The number of likely N-dealkylation sites (tertiary alicyclic amines) is 1. The fourth-order valence-electron chi connectivity index (χ4n) is 2.07. The smallest absolute Gasteiger partial charge is 0.244 e. The van der Waals surface area contributed by atoms with Crippen LogP contribution in [-0.4, -0.2) is 45.4 Å². The molecule has 88 valence electrons. The zero-order valence-corrected chi connectivity index (χ0v) is 9.25. The molecule has 2 rings (SSSR count). The molecule has 1 aliphatic rings. The number of aliphatic hydroxyl groups is 1. The van der Waals surface area contributed by atoms with Gasteiger partial charge in [-0.25, -0.2) is 0 Å². The van der Waals surface area contributed by atoms with Gasteiger partial charge in [0.25, 0.3) is 0 Å². The van der Waals surface area contributed by atoms with Crippen LogP contribution >= 0.6 is 0 Å². The van der Waals surface area contributed by atoms with Crippen molar-refractivity contribution in [3.63, 3.8) is 0 Å². The normalized spacial score (nSPS) is 21.1. The Balaban J connectivity index is 1.89. The van der Waals surface area contributed by atoms with Crippen LogP contribution in [0.15, 0.2) is 18.5 Å². The molecule has 1 amide bonds. The summed E-state index contributed by atoms with van der Waals surface area (Å²) in [5.74, 6) is 0.331. The molecule has 5 heteroatoms. The zero-order chi connectivity index (χ0) is 11.4. The number of hydrogen-bond donors (Lipinski definition) is 1. The van der Waals surface area contributed by atoms with Crippen LogP contribution in [0.4, 0.5) is 0 Å². The molecule has 1 N–H and O–H groups in total. The summed E-state index contributed by atoms with van der Waals surface area (Å²) >= 11 is 0. The molecule has 0 saturated carbocycles. The summed E-state index contributed by atoms with van der Waals surface area (Å²) in [5.41, 5.74) is 0. The first-order valence-corrected chi connectivity index (χ1v) is 5.65. The number of carbonyl (C=O) groups is 1. The van der Waals surface area contributed by atoms with Crippen LogP contribution in [0.3, 0.4) is 0 Å². The number of hydrogen-bond acceptors (Lipinski definition) is 3. The van der Waals surface area contributed by atoms with E-state index in [0.29, 0.717) is 13.1 Å². The summed E-state index contributed by atoms with van der Waals surface area (Å²) in [5, 5.41) is 13.1. The van der Waals surface area contributed by atoms with Crippen molar-refractivity contribution in [1.82, 2.24) is 14.7 Å². The Bertz CT molecular complexity index is 337. The van der Waals surface area contributed by atoms with E-state index >= 15 is 0 Å². The molecule has 1 saturated heterocycles. The van der Waals surface area contributed by atoms with Crippen LogP contribution in [-0.2, 0) is 11.3 Å². The van der Waals surface area contributed by atoms with Crippen molar-refractivity contribution in [2.24, 2.45) is 5.92 Å². The first-order chi connectivity index (χ1) is 7.79. The first kappa shape index (κ1) is 11.1. The van der Waals surface area contributed by atoms with Gasteiger partial charge < -0.3 is 10.0 Å². The zero-order valence-electron chi connectivity index (χ0n) is 9.25. The van der Waals surface area contributed by atoms with Crippen LogP contribution in [0.5, 0.6) is 0 Å². The third-order valence-corrected chi connectivity index (χ3v) is 2.99. The lowest BCUT2D eigenvalue weighted by Gasteiger charge is -2.31. The molecule has 1 aromatic heterocycles. The molecule has 0 aliphatic carbocycles. The molecule has 1 aromatic rings. The molecule has 0 bridgehead atoms. The van der Waals surface area contributed by atoms with E-state index in [0.717, 1.165) is 19.4 Å². The number of piperidine rings is 1. The largest absolute Gasteiger partial charge is 0.396 e.